The molecule has 0 aliphatic heterocycles. The van der Waals surface area contributed by atoms with E-state index in [-0.39, 0.29) is 0 Å². The molecule has 0 spiro atoms. The van der Waals surface area contributed by atoms with Crippen molar-refractivity contribution < 1.29 is 0 Å². The number of pyridine rings is 1. The van der Waals surface area contributed by atoms with Gasteiger partial charge >= 0.3 is 0 Å². The van der Waals surface area contributed by atoms with Crippen molar-refractivity contribution in [2.45, 2.75) is 20.3 Å². The zero-order chi connectivity index (χ0) is 12.1. The molecule has 0 saturated heterocycles. The molecule has 1 aromatic heterocycles. The maximum absolute atomic E-state index is 4.69. The van der Waals surface area contributed by atoms with Crippen LogP contribution >= 0.6 is 0 Å². The number of likely N-dealkylation sites (N-methyl/N-ethyl adjacent to an activating group) is 1. The Morgan fingerprint density at radius 2 is 1.76 bits per heavy atom. The van der Waals surface area contributed by atoms with E-state index in [4.69, 9.17) is 0 Å². The maximum atomic E-state index is 4.69. The standard InChI is InChI=1S/C15H20N2/c1-3-17(4-2)12-11-14-10-9-13-7-5-6-8-15(13)16-14/h5-10H,3-4,11-12H2,1-2H3. The molecule has 2 aromatic rings. The number of benzene rings is 1. The smallest absolute Gasteiger partial charge is 0.0705 e. The van der Waals surface area contributed by atoms with E-state index < -0.39 is 0 Å². The maximum Gasteiger partial charge on any atom is 0.0705 e. The van der Waals surface area contributed by atoms with Crippen molar-refractivity contribution in [2.24, 2.45) is 0 Å². The minimum absolute atomic E-state index is 1.03. The minimum Gasteiger partial charge on any atom is -0.303 e. The number of fused-ring (bicyclic) bond motifs is 1. The van der Waals surface area contributed by atoms with Gasteiger partial charge in [-0.2, -0.15) is 0 Å². The van der Waals surface area contributed by atoms with Crippen molar-refractivity contribution in [3.63, 3.8) is 0 Å². The second kappa shape index (κ2) is 5.78. The van der Waals surface area contributed by atoms with E-state index in [1.165, 1.54) is 11.1 Å². The SMILES string of the molecule is CCN(CC)CCc1ccc2ccccc2n1. The Morgan fingerprint density at radius 3 is 2.53 bits per heavy atom. The first kappa shape index (κ1) is 12.1. The molecule has 0 unspecified atom stereocenters. The zero-order valence-electron chi connectivity index (χ0n) is 10.7. The van der Waals surface area contributed by atoms with E-state index in [2.05, 4.69) is 54.1 Å². The molecule has 0 bridgehead atoms. The lowest BCUT2D eigenvalue weighted by Gasteiger charge is -2.17. The van der Waals surface area contributed by atoms with Gasteiger partial charge < -0.3 is 4.90 Å². The molecular formula is C15H20N2. The first-order chi connectivity index (χ1) is 8.33. The fraction of sp³-hybridized carbons (Fsp3) is 0.400. The summed E-state index contributed by atoms with van der Waals surface area (Å²) in [4.78, 5) is 7.12. The molecule has 1 heterocycles. The fourth-order valence-corrected chi connectivity index (χ4v) is 2.06. The molecule has 0 aliphatic rings. The third-order valence-corrected chi connectivity index (χ3v) is 3.23. The lowest BCUT2D eigenvalue weighted by Crippen LogP contribution is -2.25. The van der Waals surface area contributed by atoms with Crippen LogP contribution in [0.4, 0.5) is 0 Å². The van der Waals surface area contributed by atoms with Crippen LogP contribution in [0.3, 0.4) is 0 Å². The van der Waals surface area contributed by atoms with Gasteiger partial charge in [0.1, 0.15) is 0 Å². The normalized spacial score (nSPS) is 11.2. The van der Waals surface area contributed by atoms with Crippen LogP contribution in [-0.2, 0) is 6.42 Å². The molecule has 0 atom stereocenters. The lowest BCUT2D eigenvalue weighted by atomic mass is 10.2. The highest BCUT2D eigenvalue weighted by molar-refractivity contribution is 5.78. The number of nitrogens with zero attached hydrogens (tertiary/aromatic N) is 2. The first-order valence-corrected chi connectivity index (χ1v) is 6.40. The van der Waals surface area contributed by atoms with Gasteiger partial charge in [0.25, 0.3) is 0 Å². The summed E-state index contributed by atoms with van der Waals surface area (Å²) in [5.74, 6) is 0. The van der Waals surface area contributed by atoms with Gasteiger partial charge in [-0.3, -0.25) is 4.98 Å². The topological polar surface area (TPSA) is 16.1 Å². The minimum atomic E-state index is 1.03. The summed E-state index contributed by atoms with van der Waals surface area (Å²) in [5.41, 5.74) is 2.29. The van der Waals surface area contributed by atoms with E-state index >= 15 is 0 Å². The van der Waals surface area contributed by atoms with Gasteiger partial charge in [-0.05, 0) is 25.2 Å². The van der Waals surface area contributed by atoms with Crippen LogP contribution in [0, 0.1) is 0 Å². The fourth-order valence-electron chi connectivity index (χ4n) is 2.06. The average Bonchev–Trinajstić information content (AvgIpc) is 2.40. The van der Waals surface area contributed by atoms with Gasteiger partial charge in [0.2, 0.25) is 0 Å². The Hall–Kier alpha value is -1.41. The molecule has 17 heavy (non-hydrogen) atoms. The summed E-state index contributed by atoms with van der Waals surface area (Å²) in [6.45, 7) is 7.74. The molecule has 1 aromatic carbocycles. The van der Waals surface area contributed by atoms with Crippen molar-refractivity contribution in [2.75, 3.05) is 19.6 Å². The molecule has 0 amide bonds. The monoisotopic (exact) mass is 228 g/mol. The molecule has 0 N–H and O–H groups in total. The molecule has 0 aliphatic carbocycles. The van der Waals surface area contributed by atoms with Gasteiger partial charge in [0.15, 0.2) is 0 Å². The van der Waals surface area contributed by atoms with E-state index in [0.29, 0.717) is 0 Å². The van der Waals surface area contributed by atoms with Gasteiger partial charge in [0, 0.05) is 24.0 Å². The number of para-hydroxylation sites is 1. The lowest BCUT2D eigenvalue weighted by molar-refractivity contribution is 0.307. The largest absolute Gasteiger partial charge is 0.303 e. The molecular weight excluding hydrogens is 208 g/mol. The van der Waals surface area contributed by atoms with Gasteiger partial charge in [-0.1, -0.05) is 38.1 Å². The Balaban J connectivity index is 2.09. The second-order valence-corrected chi connectivity index (χ2v) is 4.27. The van der Waals surface area contributed by atoms with Crippen LogP contribution in [0.1, 0.15) is 19.5 Å². The average molecular weight is 228 g/mol. The summed E-state index contributed by atoms with van der Waals surface area (Å²) in [7, 11) is 0. The quantitative estimate of drug-likeness (QED) is 0.781. The Bertz CT molecular complexity index is 475. The number of hydrogen-bond acceptors (Lipinski definition) is 2. The Morgan fingerprint density at radius 1 is 1.00 bits per heavy atom. The zero-order valence-corrected chi connectivity index (χ0v) is 10.7. The summed E-state index contributed by atoms with van der Waals surface area (Å²) < 4.78 is 0. The molecule has 2 rings (SSSR count). The summed E-state index contributed by atoms with van der Waals surface area (Å²) >= 11 is 0. The first-order valence-electron chi connectivity index (χ1n) is 6.40. The van der Waals surface area contributed by atoms with Crippen molar-refractivity contribution in [3.05, 3.63) is 42.1 Å². The summed E-state index contributed by atoms with van der Waals surface area (Å²) in [6.07, 6.45) is 1.03. The number of hydrogen-bond donors (Lipinski definition) is 0. The van der Waals surface area contributed by atoms with Crippen molar-refractivity contribution in [1.82, 2.24) is 9.88 Å². The molecule has 2 heteroatoms. The number of aromatic nitrogens is 1. The Kier molecular flexibility index (Phi) is 4.10. The van der Waals surface area contributed by atoms with E-state index in [1.807, 2.05) is 6.07 Å². The van der Waals surface area contributed by atoms with Crippen molar-refractivity contribution in [3.8, 4) is 0 Å². The van der Waals surface area contributed by atoms with Crippen LogP contribution in [0.2, 0.25) is 0 Å². The van der Waals surface area contributed by atoms with E-state index in [0.717, 1.165) is 31.6 Å². The molecule has 2 nitrogen and oxygen atoms in total. The molecule has 0 saturated carbocycles. The van der Waals surface area contributed by atoms with E-state index in [1.54, 1.807) is 0 Å². The highest BCUT2D eigenvalue weighted by Crippen LogP contribution is 2.12. The third kappa shape index (κ3) is 3.04. The van der Waals surface area contributed by atoms with Crippen LogP contribution < -0.4 is 0 Å². The van der Waals surface area contributed by atoms with Crippen molar-refractivity contribution in [1.29, 1.82) is 0 Å². The summed E-state index contributed by atoms with van der Waals surface area (Å²) in [5, 5.41) is 1.22. The summed E-state index contributed by atoms with van der Waals surface area (Å²) in [6, 6.07) is 12.6. The number of rotatable bonds is 5. The van der Waals surface area contributed by atoms with Crippen LogP contribution in [0.5, 0.6) is 0 Å². The van der Waals surface area contributed by atoms with Crippen molar-refractivity contribution >= 4 is 10.9 Å². The predicted molar refractivity (Wildman–Crippen MR) is 73.2 cm³/mol. The Labute approximate surface area is 103 Å². The van der Waals surface area contributed by atoms with Gasteiger partial charge in [-0.15, -0.1) is 0 Å². The van der Waals surface area contributed by atoms with Gasteiger partial charge in [-0.25, -0.2) is 0 Å². The van der Waals surface area contributed by atoms with Crippen LogP contribution in [0.25, 0.3) is 10.9 Å². The van der Waals surface area contributed by atoms with E-state index in [9.17, 15) is 0 Å². The predicted octanol–water partition coefficient (Wildman–Crippen LogP) is 3.12. The van der Waals surface area contributed by atoms with Gasteiger partial charge in [0.05, 0.1) is 5.52 Å². The third-order valence-electron chi connectivity index (χ3n) is 3.23. The highest BCUT2D eigenvalue weighted by Gasteiger charge is 2.02. The molecule has 0 radical (unpaired) electrons. The van der Waals surface area contributed by atoms with Crippen LogP contribution in [0.15, 0.2) is 36.4 Å². The second-order valence-electron chi connectivity index (χ2n) is 4.27. The van der Waals surface area contributed by atoms with Crippen LogP contribution in [-0.4, -0.2) is 29.5 Å². The molecule has 0 fully saturated rings. The highest BCUT2D eigenvalue weighted by atomic mass is 15.1. The molecule has 90 valence electrons.